The quantitative estimate of drug-likeness (QED) is 0.821. The molecule has 3 rings (SSSR count). The molecule has 1 aliphatic rings. The minimum absolute atomic E-state index is 0.0742. The van der Waals surface area contributed by atoms with Crippen LogP contribution < -0.4 is 15.0 Å². The summed E-state index contributed by atoms with van der Waals surface area (Å²) in [5, 5.41) is 2.55. The van der Waals surface area contributed by atoms with Gasteiger partial charge in [-0.15, -0.1) is 0 Å². The van der Waals surface area contributed by atoms with Gasteiger partial charge in [0, 0.05) is 32.4 Å². The highest BCUT2D eigenvalue weighted by molar-refractivity contribution is 5.85. The van der Waals surface area contributed by atoms with Crippen LogP contribution >= 0.6 is 0 Å². The molecule has 2 amide bonds. The Morgan fingerprint density at radius 1 is 1.07 bits per heavy atom. The minimum Gasteiger partial charge on any atom is -0.484 e. The largest absolute Gasteiger partial charge is 0.484 e. The van der Waals surface area contributed by atoms with Gasteiger partial charge in [-0.05, 0) is 36.4 Å². The number of piperazine rings is 1. The number of ether oxygens (including phenoxy) is 1. The number of anilines is 1. The third kappa shape index (κ3) is 5.40. The van der Waals surface area contributed by atoms with E-state index in [1.807, 2.05) is 18.2 Å². The van der Waals surface area contributed by atoms with Crippen LogP contribution in [-0.2, 0) is 9.59 Å². The summed E-state index contributed by atoms with van der Waals surface area (Å²) in [5.74, 6) is 0.380. The third-order valence-corrected chi connectivity index (χ3v) is 4.23. The lowest BCUT2D eigenvalue weighted by Gasteiger charge is -2.35. The van der Waals surface area contributed by atoms with Crippen molar-refractivity contribution in [2.24, 2.45) is 0 Å². The normalized spacial score (nSPS) is 14.0. The topological polar surface area (TPSA) is 74.8 Å². The number of hydrogen-bond donors (Lipinski definition) is 1. The summed E-state index contributed by atoms with van der Waals surface area (Å²) >= 11 is 0. The predicted octanol–water partition coefficient (Wildman–Crippen LogP) is 1.06. The third-order valence-electron chi connectivity index (χ3n) is 4.23. The Hall–Kier alpha value is -3.16. The summed E-state index contributed by atoms with van der Waals surface area (Å²) < 4.78 is 18.1. The van der Waals surface area contributed by atoms with Gasteiger partial charge >= 0.3 is 0 Å². The fourth-order valence-corrected chi connectivity index (χ4v) is 2.74. The Morgan fingerprint density at radius 2 is 1.81 bits per heavy atom. The second-order valence-corrected chi connectivity index (χ2v) is 6.08. The average molecular weight is 372 g/mol. The fraction of sp³-hybridized carbons (Fsp3) is 0.316. The van der Waals surface area contributed by atoms with Gasteiger partial charge in [0.15, 0.2) is 6.61 Å². The zero-order valence-electron chi connectivity index (χ0n) is 14.8. The second-order valence-electron chi connectivity index (χ2n) is 6.08. The second kappa shape index (κ2) is 8.98. The monoisotopic (exact) mass is 372 g/mol. The smallest absolute Gasteiger partial charge is 0.258 e. The van der Waals surface area contributed by atoms with Crippen LogP contribution in [0.5, 0.6) is 5.75 Å². The Bertz CT molecular complexity index is 762. The van der Waals surface area contributed by atoms with Crippen molar-refractivity contribution in [1.82, 2.24) is 15.2 Å². The van der Waals surface area contributed by atoms with Crippen molar-refractivity contribution >= 4 is 17.6 Å². The number of aromatic nitrogens is 1. The molecule has 2 aromatic rings. The van der Waals surface area contributed by atoms with Gasteiger partial charge in [-0.1, -0.05) is 6.07 Å². The van der Waals surface area contributed by atoms with E-state index in [-0.39, 0.29) is 24.9 Å². The number of amides is 2. The van der Waals surface area contributed by atoms with Gasteiger partial charge in [-0.25, -0.2) is 9.37 Å². The maximum Gasteiger partial charge on any atom is 0.258 e. The lowest BCUT2D eigenvalue weighted by molar-refractivity contribution is -0.133. The number of carbonyl (C=O) groups is 2. The van der Waals surface area contributed by atoms with Crippen molar-refractivity contribution in [3.05, 3.63) is 54.5 Å². The van der Waals surface area contributed by atoms with Crippen LogP contribution in [0.1, 0.15) is 0 Å². The number of pyridine rings is 1. The zero-order valence-corrected chi connectivity index (χ0v) is 14.8. The van der Waals surface area contributed by atoms with Crippen LogP contribution in [0.4, 0.5) is 10.2 Å². The predicted molar refractivity (Wildman–Crippen MR) is 97.9 cm³/mol. The van der Waals surface area contributed by atoms with E-state index in [0.717, 1.165) is 5.82 Å². The SMILES string of the molecule is O=C(COc1ccc(F)cc1)NCC(=O)N1CCN(c2ccccn2)CC1. The summed E-state index contributed by atoms with van der Waals surface area (Å²) in [6.45, 7) is 2.25. The Morgan fingerprint density at radius 3 is 2.48 bits per heavy atom. The van der Waals surface area contributed by atoms with E-state index >= 15 is 0 Å². The molecule has 1 N–H and O–H groups in total. The number of halogens is 1. The molecule has 27 heavy (non-hydrogen) atoms. The molecule has 0 spiro atoms. The molecule has 1 aromatic carbocycles. The van der Waals surface area contributed by atoms with Gasteiger partial charge in [0.2, 0.25) is 5.91 Å². The Labute approximate surface area is 156 Å². The van der Waals surface area contributed by atoms with E-state index in [1.165, 1.54) is 24.3 Å². The van der Waals surface area contributed by atoms with E-state index in [9.17, 15) is 14.0 Å². The highest BCUT2D eigenvalue weighted by Crippen LogP contribution is 2.12. The molecular weight excluding hydrogens is 351 g/mol. The highest BCUT2D eigenvalue weighted by atomic mass is 19.1. The molecule has 1 aliphatic heterocycles. The standard InChI is InChI=1S/C19H21FN4O3/c20-15-4-6-16(7-5-15)27-14-18(25)22-13-19(26)24-11-9-23(10-12-24)17-3-1-2-8-21-17/h1-8H,9-14H2,(H,22,25). The van der Waals surface area contributed by atoms with Crippen molar-refractivity contribution in [3.8, 4) is 5.75 Å². The van der Waals surface area contributed by atoms with Crippen molar-refractivity contribution < 1.29 is 18.7 Å². The summed E-state index contributed by atoms with van der Waals surface area (Å²) in [4.78, 5) is 32.2. The molecule has 2 heterocycles. The first-order chi connectivity index (χ1) is 13.1. The first-order valence-electron chi connectivity index (χ1n) is 8.70. The molecule has 0 radical (unpaired) electrons. The molecule has 0 atom stereocenters. The number of carbonyl (C=O) groups excluding carboxylic acids is 2. The van der Waals surface area contributed by atoms with Crippen molar-refractivity contribution in [1.29, 1.82) is 0 Å². The molecule has 0 unspecified atom stereocenters. The lowest BCUT2D eigenvalue weighted by atomic mass is 10.3. The van der Waals surface area contributed by atoms with Crippen LogP contribution in [0.3, 0.4) is 0 Å². The van der Waals surface area contributed by atoms with Gasteiger partial charge in [0.1, 0.15) is 17.4 Å². The van der Waals surface area contributed by atoms with E-state index in [4.69, 9.17) is 4.74 Å². The molecule has 1 aromatic heterocycles. The number of hydrogen-bond acceptors (Lipinski definition) is 5. The molecule has 0 aliphatic carbocycles. The Balaban J connectivity index is 1.37. The van der Waals surface area contributed by atoms with Gasteiger partial charge < -0.3 is 19.9 Å². The molecule has 1 saturated heterocycles. The van der Waals surface area contributed by atoms with E-state index < -0.39 is 5.91 Å². The summed E-state index contributed by atoms with van der Waals surface area (Å²) in [7, 11) is 0. The molecule has 142 valence electrons. The molecule has 0 bridgehead atoms. The first kappa shape index (κ1) is 18.6. The van der Waals surface area contributed by atoms with E-state index in [0.29, 0.717) is 31.9 Å². The number of benzene rings is 1. The van der Waals surface area contributed by atoms with Crippen LogP contribution in [-0.4, -0.2) is 61.0 Å². The van der Waals surface area contributed by atoms with Crippen LogP contribution in [0.2, 0.25) is 0 Å². The highest BCUT2D eigenvalue weighted by Gasteiger charge is 2.21. The van der Waals surface area contributed by atoms with Crippen LogP contribution in [0.15, 0.2) is 48.7 Å². The van der Waals surface area contributed by atoms with E-state index in [2.05, 4.69) is 15.2 Å². The summed E-state index contributed by atoms with van der Waals surface area (Å²) in [6, 6.07) is 11.1. The molecule has 7 nitrogen and oxygen atoms in total. The lowest BCUT2D eigenvalue weighted by Crippen LogP contribution is -2.51. The molecule has 0 saturated carbocycles. The minimum atomic E-state index is -0.403. The maximum atomic E-state index is 12.8. The van der Waals surface area contributed by atoms with Gasteiger partial charge in [0.25, 0.3) is 5.91 Å². The molecule has 1 fully saturated rings. The number of nitrogens with one attached hydrogen (secondary N) is 1. The number of rotatable bonds is 6. The number of nitrogens with zero attached hydrogens (tertiary/aromatic N) is 3. The van der Waals surface area contributed by atoms with Crippen molar-refractivity contribution in [3.63, 3.8) is 0 Å². The molecule has 8 heteroatoms. The zero-order chi connectivity index (χ0) is 19.1. The Kier molecular flexibility index (Phi) is 6.19. The van der Waals surface area contributed by atoms with Crippen LogP contribution in [0.25, 0.3) is 0 Å². The fourth-order valence-electron chi connectivity index (χ4n) is 2.74. The average Bonchev–Trinajstić information content (AvgIpc) is 2.72. The first-order valence-corrected chi connectivity index (χ1v) is 8.70. The van der Waals surface area contributed by atoms with Gasteiger partial charge in [0.05, 0.1) is 6.54 Å². The summed E-state index contributed by atoms with van der Waals surface area (Å²) in [5.41, 5.74) is 0. The van der Waals surface area contributed by atoms with E-state index in [1.54, 1.807) is 11.1 Å². The maximum absolute atomic E-state index is 12.8. The van der Waals surface area contributed by atoms with Gasteiger partial charge in [-0.2, -0.15) is 0 Å². The van der Waals surface area contributed by atoms with Crippen molar-refractivity contribution in [2.45, 2.75) is 0 Å². The molecular formula is C19H21FN4O3. The van der Waals surface area contributed by atoms with Gasteiger partial charge in [-0.3, -0.25) is 9.59 Å². The van der Waals surface area contributed by atoms with Crippen molar-refractivity contribution in [2.75, 3.05) is 44.2 Å². The summed E-state index contributed by atoms with van der Waals surface area (Å²) in [6.07, 6.45) is 1.75. The van der Waals surface area contributed by atoms with Crippen LogP contribution in [0, 0.1) is 5.82 Å².